The number of nitrogens with one attached hydrogen (secondary N) is 1. The SMILES string of the molecule is CC(NOC(C)(C)C)C1CC2C=CC1C2. The van der Waals surface area contributed by atoms with Crippen molar-refractivity contribution in [3.63, 3.8) is 0 Å². The Morgan fingerprint density at radius 1 is 1.27 bits per heavy atom. The Balaban J connectivity index is 1.82. The molecule has 0 spiro atoms. The lowest BCUT2D eigenvalue weighted by Gasteiger charge is -2.29. The molecule has 2 rings (SSSR count). The van der Waals surface area contributed by atoms with Gasteiger partial charge >= 0.3 is 0 Å². The first-order chi connectivity index (χ1) is 6.96. The summed E-state index contributed by atoms with van der Waals surface area (Å²) in [4.78, 5) is 5.64. The van der Waals surface area contributed by atoms with Crippen LogP contribution in [0.2, 0.25) is 0 Å². The molecule has 86 valence electrons. The lowest BCUT2D eigenvalue weighted by atomic mass is 9.88. The maximum absolute atomic E-state index is 5.64. The van der Waals surface area contributed by atoms with Crippen molar-refractivity contribution < 1.29 is 4.84 Å². The van der Waals surface area contributed by atoms with E-state index in [4.69, 9.17) is 4.84 Å². The van der Waals surface area contributed by atoms with Gasteiger partial charge in [-0.2, -0.15) is 5.48 Å². The maximum atomic E-state index is 5.64. The molecule has 0 heterocycles. The van der Waals surface area contributed by atoms with Gasteiger partial charge in [0.05, 0.1) is 5.60 Å². The third-order valence-corrected chi connectivity index (χ3v) is 3.52. The van der Waals surface area contributed by atoms with Crippen LogP contribution in [0.15, 0.2) is 12.2 Å². The summed E-state index contributed by atoms with van der Waals surface area (Å²) < 4.78 is 0. The van der Waals surface area contributed by atoms with Crippen LogP contribution in [0.25, 0.3) is 0 Å². The molecule has 0 radical (unpaired) electrons. The van der Waals surface area contributed by atoms with Crippen molar-refractivity contribution in [2.24, 2.45) is 17.8 Å². The van der Waals surface area contributed by atoms with Gasteiger partial charge in [0.25, 0.3) is 0 Å². The average Bonchev–Trinajstić information content (AvgIpc) is 2.73. The molecular weight excluding hydrogens is 186 g/mol. The Kier molecular flexibility index (Phi) is 2.91. The molecule has 0 saturated heterocycles. The molecule has 0 aromatic heterocycles. The molecule has 1 N–H and O–H groups in total. The van der Waals surface area contributed by atoms with Crippen LogP contribution in [0, 0.1) is 17.8 Å². The molecule has 4 unspecified atom stereocenters. The van der Waals surface area contributed by atoms with Crippen LogP contribution >= 0.6 is 0 Å². The fourth-order valence-corrected chi connectivity index (χ4v) is 2.76. The molecule has 15 heavy (non-hydrogen) atoms. The molecule has 2 aliphatic rings. The van der Waals surface area contributed by atoms with E-state index in [0.29, 0.717) is 6.04 Å². The summed E-state index contributed by atoms with van der Waals surface area (Å²) in [7, 11) is 0. The summed E-state index contributed by atoms with van der Waals surface area (Å²) in [5.41, 5.74) is 3.12. The van der Waals surface area contributed by atoms with Crippen LogP contribution in [0.5, 0.6) is 0 Å². The monoisotopic (exact) mass is 209 g/mol. The third-order valence-electron chi connectivity index (χ3n) is 3.52. The first-order valence-corrected chi connectivity index (χ1v) is 6.07. The molecule has 2 bridgehead atoms. The largest absolute Gasteiger partial charge is 0.296 e. The molecule has 0 aromatic carbocycles. The van der Waals surface area contributed by atoms with Crippen LogP contribution in [-0.2, 0) is 4.84 Å². The van der Waals surface area contributed by atoms with Gasteiger partial charge < -0.3 is 0 Å². The highest BCUT2D eigenvalue weighted by atomic mass is 16.7. The van der Waals surface area contributed by atoms with Gasteiger partial charge in [0, 0.05) is 6.04 Å². The van der Waals surface area contributed by atoms with Crippen molar-refractivity contribution in [2.75, 3.05) is 0 Å². The average molecular weight is 209 g/mol. The zero-order valence-corrected chi connectivity index (χ0v) is 10.3. The van der Waals surface area contributed by atoms with E-state index >= 15 is 0 Å². The van der Waals surface area contributed by atoms with Gasteiger partial charge in [0.2, 0.25) is 0 Å². The number of hydroxylamine groups is 1. The second kappa shape index (κ2) is 3.91. The van der Waals surface area contributed by atoms with Crippen molar-refractivity contribution >= 4 is 0 Å². The smallest absolute Gasteiger partial charge is 0.0813 e. The van der Waals surface area contributed by atoms with Gasteiger partial charge in [-0.25, -0.2) is 0 Å². The lowest BCUT2D eigenvalue weighted by molar-refractivity contribution is -0.0948. The molecule has 1 fully saturated rings. The van der Waals surface area contributed by atoms with Gasteiger partial charge in [-0.1, -0.05) is 12.2 Å². The van der Waals surface area contributed by atoms with E-state index < -0.39 is 0 Å². The standard InChI is InChI=1S/C13H23NO/c1-9(14-15-13(2,3)4)12-8-10-5-6-11(12)7-10/h5-6,9-12,14H,7-8H2,1-4H3. The molecule has 2 aliphatic carbocycles. The molecule has 2 nitrogen and oxygen atoms in total. The second-order valence-corrected chi connectivity index (χ2v) is 6.07. The van der Waals surface area contributed by atoms with Crippen LogP contribution in [0.4, 0.5) is 0 Å². The Labute approximate surface area is 93.0 Å². The topological polar surface area (TPSA) is 21.3 Å². The predicted molar refractivity (Wildman–Crippen MR) is 62.3 cm³/mol. The van der Waals surface area contributed by atoms with Crippen molar-refractivity contribution in [1.82, 2.24) is 5.48 Å². The lowest BCUT2D eigenvalue weighted by Crippen LogP contribution is -2.40. The predicted octanol–water partition coefficient (Wildman–Crippen LogP) is 2.91. The normalized spacial score (nSPS) is 36.1. The molecule has 4 atom stereocenters. The highest BCUT2D eigenvalue weighted by Crippen LogP contribution is 2.44. The molecule has 1 saturated carbocycles. The van der Waals surface area contributed by atoms with Crippen molar-refractivity contribution in [3.8, 4) is 0 Å². The van der Waals surface area contributed by atoms with Crippen molar-refractivity contribution in [2.45, 2.75) is 52.2 Å². The van der Waals surface area contributed by atoms with E-state index in [1.165, 1.54) is 12.8 Å². The van der Waals surface area contributed by atoms with Gasteiger partial charge in [-0.3, -0.25) is 4.84 Å². The maximum Gasteiger partial charge on any atom is 0.0813 e. The third kappa shape index (κ3) is 2.61. The number of hydrogen-bond acceptors (Lipinski definition) is 2. The minimum absolute atomic E-state index is 0.0955. The second-order valence-electron chi connectivity index (χ2n) is 6.07. The summed E-state index contributed by atoms with van der Waals surface area (Å²) in [6, 6.07) is 0.462. The zero-order valence-electron chi connectivity index (χ0n) is 10.3. The number of rotatable bonds is 3. The Morgan fingerprint density at radius 3 is 2.47 bits per heavy atom. The van der Waals surface area contributed by atoms with E-state index in [9.17, 15) is 0 Å². The zero-order chi connectivity index (χ0) is 11.1. The van der Waals surface area contributed by atoms with Crippen LogP contribution in [0.1, 0.15) is 40.5 Å². The van der Waals surface area contributed by atoms with Gasteiger partial charge in [-0.05, 0) is 58.3 Å². The molecular formula is C13H23NO. The summed E-state index contributed by atoms with van der Waals surface area (Å²) >= 11 is 0. The van der Waals surface area contributed by atoms with E-state index in [1.807, 2.05) is 0 Å². The number of allylic oxidation sites excluding steroid dienone is 2. The van der Waals surface area contributed by atoms with Crippen LogP contribution in [-0.4, -0.2) is 11.6 Å². The minimum Gasteiger partial charge on any atom is -0.296 e. The molecule has 0 aromatic rings. The van der Waals surface area contributed by atoms with Gasteiger partial charge in [0.15, 0.2) is 0 Å². The van der Waals surface area contributed by atoms with E-state index in [2.05, 4.69) is 45.3 Å². The number of fused-ring (bicyclic) bond motifs is 2. The fraction of sp³-hybridized carbons (Fsp3) is 0.846. The quantitative estimate of drug-likeness (QED) is 0.570. The summed E-state index contributed by atoms with van der Waals surface area (Å²) in [5, 5.41) is 0. The number of hydrogen-bond donors (Lipinski definition) is 1. The highest BCUT2D eigenvalue weighted by molar-refractivity contribution is 5.11. The summed E-state index contributed by atoms with van der Waals surface area (Å²) in [5.74, 6) is 2.40. The first-order valence-electron chi connectivity index (χ1n) is 6.07. The highest BCUT2D eigenvalue weighted by Gasteiger charge is 2.38. The molecule has 2 heteroatoms. The van der Waals surface area contributed by atoms with Crippen molar-refractivity contribution in [1.29, 1.82) is 0 Å². The first kappa shape index (κ1) is 11.2. The summed E-state index contributed by atoms with van der Waals surface area (Å²) in [6.07, 6.45) is 7.49. The minimum atomic E-state index is -0.0955. The fourth-order valence-electron chi connectivity index (χ4n) is 2.76. The van der Waals surface area contributed by atoms with Crippen LogP contribution < -0.4 is 5.48 Å². The Bertz CT molecular complexity index is 254. The van der Waals surface area contributed by atoms with E-state index in [-0.39, 0.29) is 5.60 Å². The molecule has 0 amide bonds. The Hall–Kier alpha value is -0.340. The van der Waals surface area contributed by atoms with Gasteiger partial charge in [0.1, 0.15) is 0 Å². The van der Waals surface area contributed by atoms with Gasteiger partial charge in [-0.15, -0.1) is 0 Å². The van der Waals surface area contributed by atoms with E-state index in [0.717, 1.165) is 17.8 Å². The van der Waals surface area contributed by atoms with Crippen molar-refractivity contribution in [3.05, 3.63) is 12.2 Å². The van der Waals surface area contributed by atoms with Crippen LogP contribution in [0.3, 0.4) is 0 Å². The summed E-state index contributed by atoms with van der Waals surface area (Å²) in [6.45, 7) is 8.47. The Morgan fingerprint density at radius 2 is 2.00 bits per heavy atom. The molecule has 0 aliphatic heterocycles. The van der Waals surface area contributed by atoms with E-state index in [1.54, 1.807) is 0 Å².